The van der Waals surface area contributed by atoms with Crippen LogP contribution < -0.4 is 0 Å². The molecule has 0 heterocycles. The van der Waals surface area contributed by atoms with Crippen LogP contribution >= 0.6 is 0 Å². The molecule has 0 fully saturated rings. The number of ether oxygens (including phenoxy) is 1. The summed E-state index contributed by atoms with van der Waals surface area (Å²) in [6, 6.07) is 0. The molecule has 0 radical (unpaired) electrons. The maximum atomic E-state index is 11.2. The number of carbonyl (C=O) groups excluding carboxylic acids is 2. The Hall–Kier alpha value is -1.64. The molecule has 0 aromatic carbocycles. The van der Waals surface area contributed by atoms with Crippen LogP contribution in [0.3, 0.4) is 0 Å². The largest absolute Gasteiger partial charge is 0 e. The molecule has 1 unspecified atom stereocenters. The standard InChI is InChI=1S/C12H16O3.3CO.Fe/c1-2-15-12(14)8-7-10-5-3-4-6-11(13)9-10;3*1-2;/h3-6,10H,2,7-9H2,1H3;;;;. The molecule has 0 saturated heterocycles. The van der Waals surface area contributed by atoms with E-state index in [9.17, 15) is 9.59 Å². The molecule has 1 aliphatic carbocycles. The van der Waals surface area contributed by atoms with Crippen LogP contribution in [0.1, 0.15) is 26.2 Å². The van der Waals surface area contributed by atoms with E-state index in [0.717, 1.165) is 0 Å². The van der Waals surface area contributed by atoms with Gasteiger partial charge in [0.1, 0.15) is 0 Å². The Morgan fingerprint density at radius 3 is 2.27 bits per heavy atom. The second kappa shape index (κ2) is 24.4. The molecule has 7 heteroatoms. The topological polar surface area (TPSA) is 103 Å². The van der Waals surface area contributed by atoms with Gasteiger partial charge < -0.3 is 4.74 Å². The van der Waals surface area contributed by atoms with E-state index in [1.165, 1.54) is 0 Å². The molecular formula is C15H16FeO6. The molecule has 120 valence electrons. The summed E-state index contributed by atoms with van der Waals surface area (Å²) in [5, 5.41) is 0. The number of allylic oxidation sites excluding steroid dienone is 4. The van der Waals surface area contributed by atoms with Crippen molar-refractivity contribution in [2.75, 3.05) is 6.61 Å². The molecule has 1 rings (SSSR count). The van der Waals surface area contributed by atoms with Gasteiger partial charge in [-0.05, 0) is 25.3 Å². The Bertz CT molecular complexity index is 392. The summed E-state index contributed by atoms with van der Waals surface area (Å²) in [5.74, 6) is 0.0984. The number of hydrogen-bond donors (Lipinski definition) is 0. The first-order chi connectivity index (χ1) is 10.2. The van der Waals surface area contributed by atoms with E-state index in [1.54, 1.807) is 19.1 Å². The molecule has 6 nitrogen and oxygen atoms in total. The summed E-state index contributed by atoms with van der Waals surface area (Å²) in [6.45, 7) is 15.7. The van der Waals surface area contributed by atoms with Crippen LogP contribution in [-0.2, 0) is 45.4 Å². The smallest absolute Gasteiger partial charge is 0 e. The SMILES string of the molecule is CCOC(=O)CCC1C=CC=CC(=O)C1.[C-]#[O+].[C-]#[O+].[C-]#[O+].[Fe]. The van der Waals surface area contributed by atoms with Crippen molar-refractivity contribution in [3.05, 3.63) is 44.3 Å². The molecule has 0 N–H and O–H groups in total. The monoisotopic (exact) mass is 348 g/mol. The maximum absolute atomic E-state index is 11.2. The van der Waals surface area contributed by atoms with E-state index in [-0.39, 0.29) is 34.7 Å². The van der Waals surface area contributed by atoms with Crippen molar-refractivity contribution < 1.29 is 45.4 Å². The van der Waals surface area contributed by atoms with Crippen molar-refractivity contribution in [3.63, 3.8) is 0 Å². The third-order valence-electron chi connectivity index (χ3n) is 2.26. The fourth-order valence-electron chi connectivity index (χ4n) is 1.51. The van der Waals surface area contributed by atoms with Gasteiger partial charge >= 0.3 is 39.9 Å². The van der Waals surface area contributed by atoms with Crippen molar-refractivity contribution in [1.29, 1.82) is 0 Å². The zero-order chi connectivity index (χ0) is 17.1. The molecule has 22 heavy (non-hydrogen) atoms. The molecular weight excluding hydrogens is 332 g/mol. The van der Waals surface area contributed by atoms with Gasteiger partial charge in [-0.2, -0.15) is 0 Å². The van der Waals surface area contributed by atoms with Gasteiger partial charge in [0.2, 0.25) is 0 Å². The average Bonchev–Trinajstić information content (AvgIpc) is 2.76. The Morgan fingerprint density at radius 2 is 1.77 bits per heavy atom. The molecule has 0 saturated carbocycles. The fourth-order valence-corrected chi connectivity index (χ4v) is 1.51. The molecule has 0 aromatic heterocycles. The van der Waals surface area contributed by atoms with Crippen LogP contribution in [0.2, 0.25) is 0 Å². The predicted octanol–water partition coefficient (Wildman–Crippen LogP) is 1.92. The molecule has 0 spiro atoms. The van der Waals surface area contributed by atoms with E-state index in [4.69, 9.17) is 18.7 Å². The van der Waals surface area contributed by atoms with Gasteiger partial charge in [-0.15, -0.1) is 0 Å². The molecule has 0 amide bonds. The van der Waals surface area contributed by atoms with Crippen LogP contribution in [0.15, 0.2) is 24.3 Å². The number of esters is 1. The zero-order valence-electron chi connectivity index (χ0n) is 12.0. The van der Waals surface area contributed by atoms with Crippen LogP contribution in [-0.4, -0.2) is 18.4 Å². The Balaban J connectivity index is -0.000000206. The molecule has 0 aromatic rings. The van der Waals surface area contributed by atoms with Crippen LogP contribution in [0.4, 0.5) is 0 Å². The van der Waals surface area contributed by atoms with Gasteiger partial charge in [0, 0.05) is 29.9 Å². The summed E-state index contributed by atoms with van der Waals surface area (Å²) in [5.41, 5.74) is 0. The minimum absolute atomic E-state index is 0. The Labute approximate surface area is 140 Å². The third-order valence-corrected chi connectivity index (χ3v) is 2.26. The maximum Gasteiger partial charge on any atom is 0 e. The van der Waals surface area contributed by atoms with Gasteiger partial charge in [-0.25, -0.2) is 0 Å². The van der Waals surface area contributed by atoms with Crippen molar-refractivity contribution in [2.45, 2.75) is 26.2 Å². The summed E-state index contributed by atoms with van der Waals surface area (Å²) in [4.78, 5) is 22.3. The normalized spacial score (nSPS) is 14.0. The summed E-state index contributed by atoms with van der Waals surface area (Å²) >= 11 is 0. The van der Waals surface area contributed by atoms with Crippen molar-refractivity contribution in [3.8, 4) is 0 Å². The molecule has 1 atom stereocenters. The number of rotatable bonds is 4. The molecule has 0 bridgehead atoms. The van der Waals surface area contributed by atoms with Crippen LogP contribution in [0.5, 0.6) is 0 Å². The van der Waals surface area contributed by atoms with Crippen molar-refractivity contribution >= 4 is 11.8 Å². The average molecular weight is 348 g/mol. The second-order valence-corrected chi connectivity index (χ2v) is 3.52. The Morgan fingerprint density at radius 1 is 1.23 bits per heavy atom. The first kappa shape index (κ1) is 28.5. The zero-order valence-corrected chi connectivity index (χ0v) is 13.1. The van der Waals surface area contributed by atoms with E-state index in [2.05, 4.69) is 20.0 Å². The van der Waals surface area contributed by atoms with Crippen molar-refractivity contribution in [1.82, 2.24) is 0 Å². The number of hydrogen-bond acceptors (Lipinski definition) is 3. The van der Waals surface area contributed by atoms with Gasteiger partial charge in [0.15, 0.2) is 5.78 Å². The summed E-state index contributed by atoms with van der Waals surface area (Å²) in [7, 11) is 0. The van der Waals surface area contributed by atoms with E-state index in [0.29, 0.717) is 25.9 Å². The quantitative estimate of drug-likeness (QED) is 0.335. The van der Waals surface area contributed by atoms with Gasteiger partial charge in [0.05, 0.1) is 6.61 Å². The van der Waals surface area contributed by atoms with E-state index in [1.807, 2.05) is 12.2 Å². The third kappa shape index (κ3) is 18.4. The predicted molar refractivity (Wildman–Crippen MR) is 69.0 cm³/mol. The van der Waals surface area contributed by atoms with Crippen LogP contribution in [0.25, 0.3) is 0 Å². The fraction of sp³-hybridized carbons (Fsp3) is 0.400. The van der Waals surface area contributed by atoms with Gasteiger partial charge in [0.25, 0.3) is 0 Å². The molecule has 0 aliphatic heterocycles. The first-order valence-corrected chi connectivity index (χ1v) is 5.87. The second-order valence-electron chi connectivity index (χ2n) is 3.52. The minimum atomic E-state index is -0.185. The summed E-state index contributed by atoms with van der Waals surface area (Å²) in [6.07, 6.45) is 8.71. The number of carbonyl (C=O) groups is 2. The first-order valence-electron chi connectivity index (χ1n) is 5.87. The number of ketones is 1. The van der Waals surface area contributed by atoms with Gasteiger partial charge in [-0.1, -0.05) is 18.2 Å². The van der Waals surface area contributed by atoms with Gasteiger partial charge in [-0.3, -0.25) is 9.59 Å². The molecule has 1 aliphatic rings. The Kier molecular flexibility index (Phi) is 31.6. The minimum Gasteiger partial charge on any atom is 0 e. The summed E-state index contributed by atoms with van der Waals surface area (Å²) < 4.78 is 27.3. The van der Waals surface area contributed by atoms with E-state index < -0.39 is 0 Å². The van der Waals surface area contributed by atoms with Crippen molar-refractivity contribution in [2.24, 2.45) is 5.92 Å². The van der Waals surface area contributed by atoms with Crippen LogP contribution in [0, 0.1) is 25.9 Å². The van der Waals surface area contributed by atoms with E-state index >= 15 is 0 Å².